The van der Waals surface area contributed by atoms with Gasteiger partial charge in [-0.1, -0.05) is 41.1 Å². The van der Waals surface area contributed by atoms with E-state index in [1.54, 1.807) is 7.11 Å². The number of ether oxygens (including phenoxy) is 3. The predicted octanol–water partition coefficient (Wildman–Crippen LogP) is 5.40. The Hall–Kier alpha value is -2.65. The first-order valence-corrected chi connectivity index (χ1v) is 13.4. The van der Waals surface area contributed by atoms with Gasteiger partial charge < -0.3 is 19.5 Å². The second-order valence-corrected chi connectivity index (χ2v) is 11.1. The van der Waals surface area contributed by atoms with Crippen LogP contribution >= 0.6 is 22.9 Å². The quantitative estimate of drug-likeness (QED) is 0.425. The van der Waals surface area contributed by atoms with E-state index in [2.05, 4.69) is 21.3 Å². The van der Waals surface area contributed by atoms with E-state index in [0.29, 0.717) is 28.6 Å². The molecule has 2 unspecified atom stereocenters. The van der Waals surface area contributed by atoms with Crippen molar-refractivity contribution in [1.82, 2.24) is 9.88 Å². The van der Waals surface area contributed by atoms with Crippen LogP contribution in [0.3, 0.4) is 0 Å². The van der Waals surface area contributed by atoms with E-state index < -0.39 is 5.41 Å². The van der Waals surface area contributed by atoms with Crippen LogP contribution in [0.4, 0.5) is 5.13 Å². The molecule has 0 spiro atoms. The van der Waals surface area contributed by atoms with Gasteiger partial charge in [0.2, 0.25) is 12.7 Å². The monoisotopic (exact) mass is 525 g/mol. The molecule has 7 nitrogen and oxygen atoms in total. The Morgan fingerprint density at radius 3 is 2.94 bits per heavy atom. The Bertz CT molecular complexity index is 1280. The van der Waals surface area contributed by atoms with E-state index in [1.165, 1.54) is 11.3 Å². The first-order valence-electron chi connectivity index (χ1n) is 12.2. The summed E-state index contributed by atoms with van der Waals surface area (Å²) in [5.74, 6) is 1.39. The van der Waals surface area contributed by atoms with Crippen LogP contribution in [0.5, 0.6) is 11.5 Å². The summed E-state index contributed by atoms with van der Waals surface area (Å²) in [4.78, 5) is 21.6. The number of nitrogens with zero attached hydrogens (tertiary/aromatic N) is 2. The lowest BCUT2D eigenvalue weighted by atomic mass is 9.94. The van der Waals surface area contributed by atoms with E-state index in [0.717, 1.165) is 54.0 Å². The number of likely N-dealkylation sites (tertiary alicyclic amines) is 1. The van der Waals surface area contributed by atoms with Gasteiger partial charge in [0.15, 0.2) is 16.6 Å². The highest BCUT2D eigenvalue weighted by atomic mass is 35.5. The minimum atomic E-state index is -0.544. The summed E-state index contributed by atoms with van der Waals surface area (Å²) in [6.07, 6.45) is 5.69. The van der Waals surface area contributed by atoms with Crippen molar-refractivity contribution >= 4 is 34.0 Å². The number of anilines is 1. The van der Waals surface area contributed by atoms with Crippen molar-refractivity contribution in [2.45, 2.75) is 43.2 Å². The molecule has 0 bridgehead atoms. The number of fused-ring (bicyclic) bond motifs is 1. The molecule has 1 saturated heterocycles. The van der Waals surface area contributed by atoms with Crippen molar-refractivity contribution < 1.29 is 19.0 Å². The molecule has 3 aromatic rings. The number of hydrogen-bond acceptors (Lipinski definition) is 7. The number of halogens is 1. The molecule has 6 rings (SSSR count). The lowest BCUT2D eigenvalue weighted by Crippen LogP contribution is -2.36. The maximum Gasteiger partial charge on any atom is 0.236 e. The minimum Gasteiger partial charge on any atom is -0.454 e. The summed E-state index contributed by atoms with van der Waals surface area (Å²) in [6.45, 7) is 1.87. The van der Waals surface area contributed by atoms with Crippen molar-refractivity contribution in [1.29, 1.82) is 0 Å². The lowest BCUT2D eigenvalue weighted by Gasteiger charge is -2.32. The van der Waals surface area contributed by atoms with Crippen LogP contribution in [0.1, 0.15) is 47.7 Å². The SMILES string of the molecule is COCC1CCCN1C(c1cccc(Cl)c1)c1cnc(NC(=O)C2(c3ccc4c(c3)OCO4)CC2)s1. The Morgan fingerprint density at radius 2 is 2.14 bits per heavy atom. The summed E-state index contributed by atoms with van der Waals surface area (Å²) in [7, 11) is 1.75. The molecular formula is C27H28ClN3O4S. The smallest absolute Gasteiger partial charge is 0.236 e. The number of thiazole rings is 1. The maximum atomic E-state index is 13.4. The van der Waals surface area contributed by atoms with Gasteiger partial charge >= 0.3 is 0 Å². The van der Waals surface area contributed by atoms with Gasteiger partial charge in [0, 0.05) is 29.2 Å². The molecule has 0 radical (unpaired) electrons. The zero-order chi connectivity index (χ0) is 24.7. The number of amides is 1. The maximum absolute atomic E-state index is 13.4. The predicted molar refractivity (Wildman–Crippen MR) is 139 cm³/mol. The first-order chi connectivity index (χ1) is 17.6. The van der Waals surface area contributed by atoms with Gasteiger partial charge in [-0.2, -0.15) is 0 Å². The van der Waals surface area contributed by atoms with Gasteiger partial charge in [-0.3, -0.25) is 9.69 Å². The second-order valence-electron chi connectivity index (χ2n) is 9.62. The molecular weight excluding hydrogens is 498 g/mol. The van der Waals surface area contributed by atoms with Crippen LogP contribution in [0.2, 0.25) is 5.02 Å². The van der Waals surface area contributed by atoms with Crippen molar-refractivity contribution in [3.63, 3.8) is 0 Å². The molecule has 1 amide bonds. The second kappa shape index (κ2) is 9.67. The number of benzene rings is 2. The summed E-state index contributed by atoms with van der Waals surface area (Å²) in [6, 6.07) is 14.1. The molecule has 1 saturated carbocycles. The molecule has 1 aliphatic carbocycles. The standard InChI is InChI=1S/C27H28ClN3O4S/c1-33-15-20-6-3-11-31(20)24(17-4-2-5-19(28)12-17)23-14-29-26(36-23)30-25(32)27(9-10-27)18-7-8-21-22(13-18)35-16-34-21/h2,4-5,7-8,12-14,20,24H,3,6,9-11,15-16H2,1H3,(H,29,30,32). The zero-order valence-electron chi connectivity index (χ0n) is 20.0. The number of carbonyl (C=O) groups is 1. The summed E-state index contributed by atoms with van der Waals surface area (Å²) >= 11 is 7.90. The number of nitrogens with one attached hydrogen (secondary N) is 1. The molecule has 1 aromatic heterocycles. The number of methoxy groups -OCH3 is 1. The normalized spacial score (nSPS) is 20.9. The lowest BCUT2D eigenvalue weighted by molar-refractivity contribution is -0.118. The van der Waals surface area contributed by atoms with E-state index in [9.17, 15) is 4.79 Å². The van der Waals surface area contributed by atoms with Gasteiger partial charge in [-0.25, -0.2) is 4.98 Å². The summed E-state index contributed by atoms with van der Waals surface area (Å²) in [5.41, 5.74) is 1.53. The summed E-state index contributed by atoms with van der Waals surface area (Å²) < 4.78 is 16.5. The average Bonchev–Trinajstić information content (AvgIpc) is 3.18. The molecule has 2 atom stereocenters. The van der Waals surface area contributed by atoms with Gasteiger partial charge in [0.1, 0.15) is 0 Å². The molecule has 188 valence electrons. The van der Waals surface area contributed by atoms with Crippen LogP contribution < -0.4 is 14.8 Å². The topological polar surface area (TPSA) is 72.9 Å². The molecule has 2 fully saturated rings. The van der Waals surface area contributed by atoms with E-state index in [-0.39, 0.29) is 18.7 Å². The molecule has 2 aromatic carbocycles. The molecule has 2 aliphatic heterocycles. The molecule has 3 heterocycles. The van der Waals surface area contributed by atoms with Gasteiger partial charge in [-0.15, -0.1) is 0 Å². The summed E-state index contributed by atoms with van der Waals surface area (Å²) in [5, 5.41) is 4.42. The van der Waals surface area contributed by atoms with Crippen LogP contribution in [0.25, 0.3) is 0 Å². The number of carbonyl (C=O) groups excluding carboxylic acids is 1. The third kappa shape index (κ3) is 4.36. The van der Waals surface area contributed by atoms with Crippen LogP contribution in [-0.2, 0) is 14.9 Å². The Kier molecular flexibility index (Phi) is 6.37. The number of aromatic nitrogens is 1. The average molecular weight is 526 g/mol. The van der Waals surface area contributed by atoms with E-state index in [4.69, 9.17) is 25.8 Å². The fraction of sp³-hybridized carbons (Fsp3) is 0.407. The third-order valence-electron chi connectivity index (χ3n) is 7.40. The number of rotatable bonds is 8. The van der Waals surface area contributed by atoms with E-state index >= 15 is 0 Å². The zero-order valence-corrected chi connectivity index (χ0v) is 21.6. The minimum absolute atomic E-state index is 0.00162. The van der Waals surface area contributed by atoms with Crippen molar-refractivity contribution in [2.75, 3.05) is 32.4 Å². The van der Waals surface area contributed by atoms with Crippen molar-refractivity contribution in [2.24, 2.45) is 0 Å². The molecule has 1 N–H and O–H groups in total. The molecule has 36 heavy (non-hydrogen) atoms. The molecule has 3 aliphatic rings. The van der Waals surface area contributed by atoms with Gasteiger partial charge in [0.05, 0.1) is 18.1 Å². The Morgan fingerprint density at radius 1 is 1.28 bits per heavy atom. The highest BCUT2D eigenvalue weighted by Crippen LogP contribution is 2.51. The van der Waals surface area contributed by atoms with E-state index in [1.807, 2.05) is 42.6 Å². The largest absolute Gasteiger partial charge is 0.454 e. The first kappa shape index (κ1) is 23.7. The van der Waals surface area contributed by atoms with Crippen LogP contribution in [-0.4, -0.2) is 48.9 Å². The fourth-order valence-corrected chi connectivity index (χ4v) is 6.58. The Labute approximate surface area is 219 Å². The fourth-order valence-electron chi connectivity index (χ4n) is 5.42. The third-order valence-corrected chi connectivity index (χ3v) is 8.60. The van der Waals surface area contributed by atoms with Gasteiger partial charge in [-0.05, 0) is 67.6 Å². The highest BCUT2D eigenvalue weighted by Gasteiger charge is 2.52. The highest BCUT2D eigenvalue weighted by molar-refractivity contribution is 7.15. The molecule has 9 heteroatoms. The van der Waals surface area contributed by atoms with Crippen molar-refractivity contribution in [3.05, 3.63) is 69.7 Å². The van der Waals surface area contributed by atoms with Crippen LogP contribution in [0.15, 0.2) is 48.7 Å². The van der Waals surface area contributed by atoms with Crippen LogP contribution in [0, 0.1) is 0 Å². The number of hydrogen-bond donors (Lipinski definition) is 1. The van der Waals surface area contributed by atoms with Gasteiger partial charge in [0.25, 0.3) is 0 Å². The Balaban J connectivity index is 1.25. The van der Waals surface area contributed by atoms with Crippen molar-refractivity contribution in [3.8, 4) is 11.5 Å².